The van der Waals surface area contributed by atoms with Crippen LogP contribution in [-0.4, -0.2) is 14.5 Å². The van der Waals surface area contributed by atoms with Gasteiger partial charge in [0, 0.05) is 35.7 Å². The van der Waals surface area contributed by atoms with Gasteiger partial charge in [-0.15, -0.1) is 37.4 Å². The van der Waals surface area contributed by atoms with Crippen molar-refractivity contribution in [3.8, 4) is 0 Å². The zero-order valence-electron chi connectivity index (χ0n) is 12.6. The Morgan fingerprint density at radius 3 is 1.74 bits per heavy atom. The molecule has 1 aliphatic rings. The fourth-order valence-corrected chi connectivity index (χ4v) is 0.581. The Labute approximate surface area is 155 Å². The van der Waals surface area contributed by atoms with Crippen molar-refractivity contribution in [2.45, 2.75) is 19.5 Å². The molecule has 1 nitrogen and oxygen atoms in total. The van der Waals surface area contributed by atoms with Gasteiger partial charge in [0.1, 0.15) is 0 Å². The number of rotatable bonds is 0. The Bertz CT molecular complexity index is 200. The summed E-state index contributed by atoms with van der Waals surface area (Å²) in [7, 11) is 0.750. The van der Waals surface area contributed by atoms with Crippen LogP contribution in [0.15, 0.2) is 36.6 Å². The van der Waals surface area contributed by atoms with Crippen LogP contribution in [0.1, 0.15) is 6.42 Å². The number of nitrogens with one attached hydrogen (secondary N) is 1. The topological polar surface area (TPSA) is 15.8 Å². The van der Waals surface area contributed by atoms with Crippen LogP contribution < -0.4 is 0 Å². The first-order valence-electron chi connectivity index (χ1n) is 4.37. The van der Waals surface area contributed by atoms with E-state index in [1.165, 1.54) is 0 Å². The molecule has 0 bridgehead atoms. The summed E-state index contributed by atoms with van der Waals surface area (Å²) in [6.07, 6.45) is 14.6. The monoisotopic (exact) mass is 397 g/mol. The number of hydrogen-bond donors (Lipinski definition) is 1. The van der Waals surface area contributed by atoms with Gasteiger partial charge in [-0.2, -0.15) is 24.4 Å². The molecule has 0 unspecified atom stereocenters. The van der Waals surface area contributed by atoms with E-state index in [9.17, 15) is 0 Å². The van der Waals surface area contributed by atoms with Crippen LogP contribution >= 0.6 is 24.8 Å². The molecule has 0 fully saturated rings. The van der Waals surface area contributed by atoms with Gasteiger partial charge < -0.3 is 27.3 Å². The molecule has 0 amide bonds. The van der Waals surface area contributed by atoms with Gasteiger partial charge in [-0.25, -0.2) is 12.2 Å². The zero-order chi connectivity index (χ0) is 9.78. The Hall–Kier alpha value is 0.440. The van der Waals surface area contributed by atoms with Crippen molar-refractivity contribution in [1.82, 2.24) is 4.98 Å². The van der Waals surface area contributed by atoms with Crippen LogP contribution in [-0.2, 0) is 26.2 Å². The van der Waals surface area contributed by atoms with Crippen LogP contribution in [0.25, 0.3) is 0 Å². The minimum atomic E-state index is 0. The summed E-state index contributed by atoms with van der Waals surface area (Å²) in [6, 6.07) is 3.71. The van der Waals surface area contributed by atoms with Gasteiger partial charge in [0.25, 0.3) is 0 Å². The van der Waals surface area contributed by atoms with Gasteiger partial charge in [0.05, 0.1) is 0 Å². The number of H-pyrrole nitrogens is 1. The van der Waals surface area contributed by atoms with Gasteiger partial charge in [-0.1, -0.05) is 13.1 Å². The second-order valence-electron chi connectivity index (χ2n) is 2.39. The molecule has 1 aromatic heterocycles. The molecule has 0 aliphatic heterocycles. The first-order valence-corrected chi connectivity index (χ1v) is 6.68. The van der Waals surface area contributed by atoms with Crippen molar-refractivity contribution in [2.24, 2.45) is 0 Å². The summed E-state index contributed by atoms with van der Waals surface area (Å²) < 4.78 is 0. The maximum atomic E-state index is 2.99. The number of halogens is 2. The summed E-state index contributed by atoms with van der Waals surface area (Å²) in [5.41, 5.74) is 0. The molecule has 1 N–H and O–H groups in total. The summed E-state index contributed by atoms with van der Waals surface area (Å²) in [5.74, 6) is 0. The normalized spacial score (nSPS) is 7.68. The van der Waals surface area contributed by atoms with E-state index in [1.54, 1.807) is 0 Å². The Kier molecular flexibility index (Phi) is 96.3. The molecule has 0 aromatic carbocycles. The fraction of sp³-hybridized carbons (Fsp3) is 0.214. The molecule has 2 rings (SSSR count). The average Bonchev–Trinajstić information content (AvgIpc) is 2.85. The van der Waals surface area contributed by atoms with Crippen molar-refractivity contribution in [3.63, 3.8) is 0 Å². The minimum Gasteiger partial charge on any atom is -0.484 e. The summed E-state index contributed by atoms with van der Waals surface area (Å²) in [4.78, 5) is 2.74. The first-order chi connectivity index (χ1) is 6.41. The van der Waals surface area contributed by atoms with Crippen molar-refractivity contribution in [1.29, 1.82) is 0 Å². The second-order valence-corrected chi connectivity index (χ2v) is 3.55. The first kappa shape index (κ1) is 42.7. The molecule has 19 heavy (non-hydrogen) atoms. The van der Waals surface area contributed by atoms with Crippen LogP contribution in [0.5, 0.6) is 0 Å². The Balaban J connectivity index is -0.0000000201. The van der Waals surface area contributed by atoms with E-state index in [4.69, 9.17) is 0 Å². The van der Waals surface area contributed by atoms with Crippen molar-refractivity contribution in [2.75, 3.05) is 0 Å². The van der Waals surface area contributed by atoms with Crippen LogP contribution in [0.4, 0.5) is 0 Å². The quantitative estimate of drug-likeness (QED) is 0.475. The van der Waals surface area contributed by atoms with E-state index < -0.39 is 0 Å². The summed E-state index contributed by atoms with van der Waals surface area (Å²) in [5, 5.41) is 0. The zero-order valence-corrected chi connectivity index (χ0v) is 17.8. The van der Waals surface area contributed by atoms with Gasteiger partial charge in [0.15, 0.2) is 0 Å². The predicted octanol–water partition coefficient (Wildman–Crippen LogP) is 4.83. The molecule has 1 radical (unpaired) electrons. The average molecular weight is 400 g/mol. The number of allylic oxidation sites excluding steroid dienone is 4. The van der Waals surface area contributed by atoms with E-state index in [-0.39, 0.29) is 73.3 Å². The number of aromatic nitrogens is 1. The fourth-order valence-electron chi connectivity index (χ4n) is 0.581. The SMILES string of the molecule is C[SiH]C.Cl.Cl.[C-]1=CC=CC1.[CH3-].[CH3-].[CH3-].[Zr].[c-]1ccc[nH]1. The van der Waals surface area contributed by atoms with E-state index in [0.717, 1.165) is 15.9 Å². The van der Waals surface area contributed by atoms with Gasteiger partial charge >= 0.3 is 0 Å². The van der Waals surface area contributed by atoms with Crippen molar-refractivity contribution in [3.05, 3.63) is 71.1 Å². The molecule has 1 aromatic rings. The molecule has 0 saturated heterocycles. The van der Waals surface area contributed by atoms with Crippen molar-refractivity contribution >= 4 is 34.3 Å². The molecular weight excluding hydrogens is 372 g/mol. The predicted molar refractivity (Wildman–Crippen MR) is 93.8 cm³/mol. The maximum Gasteiger partial charge on any atom is 0.0213 e. The van der Waals surface area contributed by atoms with Crippen LogP contribution in [0.2, 0.25) is 13.1 Å². The Morgan fingerprint density at radius 1 is 1.11 bits per heavy atom. The number of aromatic amines is 1. The third kappa shape index (κ3) is 45.7. The molecule has 0 spiro atoms. The van der Waals surface area contributed by atoms with Gasteiger partial charge in [0.2, 0.25) is 0 Å². The third-order valence-corrected chi connectivity index (χ3v) is 1.03. The second kappa shape index (κ2) is 42.9. The molecule has 1 aliphatic carbocycles. The van der Waals surface area contributed by atoms with E-state index in [1.807, 2.05) is 30.5 Å². The maximum absolute atomic E-state index is 2.99. The van der Waals surface area contributed by atoms with Gasteiger partial charge in [-0.05, 0) is 0 Å². The molecule has 0 atom stereocenters. The van der Waals surface area contributed by atoms with Crippen LogP contribution in [0, 0.1) is 34.6 Å². The molecule has 1 heterocycles. The third-order valence-electron chi connectivity index (χ3n) is 1.03. The Morgan fingerprint density at radius 2 is 1.63 bits per heavy atom. The van der Waals surface area contributed by atoms with Crippen LogP contribution in [0.3, 0.4) is 0 Å². The number of hydrogen-bond acceptors (Lipinski definition) is 0. The minimum absolute atomic E-state index is 0. The standard InChI is InChI=1S/C5H5.C4H4N.C2H7Si.3CH3.2ClH.Zr/c2*1-2-4-5-3-1;1-3-2;;;;;;/h1-3H,4H2;1-3,5H;3H,1-2H3;3*1H3;2*1H;/q2*-1;;3*-1;;;. The summed E-state index contributed by atoms with van der Waals surface area (Å²) in [6.45, 7) is 4.42. The van der Waals surface area contributed by atoms with E-state index in [0.29, 0.717) is 0 Å². The van der Waals surface area contributed by atoms with E-state index in [2.05, 4.69) is 36.4 Å². The van der Waals surface area contributed by atoms with Crippen molar-refractivity contribution < 1.29 is 26.2 Å². The molecular formula is C14H27Cl2NSiZr-5. The van der Waals surface area contributed by atoms with E-state index >= 15 is 0 Å². The largest absolute Gasteiger partial charge is 0.484 e. The molecule has 0 saturated carbocycles. The van der Waals surface area contributed by atoms with Gasteiger partial charge in [-0.3, -0.25) is 6.08 Å². The molecule has 115 valence electrons. The molecule has 5 heteroatoms. The summed E-state index contributed by atoms with van der Waals surface area (Å²) >= 11 is 0. The smallest absolute Gasteiger partial charge is 0.0213 e.